The van der Waals surface area contributed by atoms with Crippen molar-refractivity contribution in [3.05, 3.63) is 47.5 Å². The number of nitrogens with two attached hydrogens (primary N) is 1. The maximum Gasteiger partial charge on any atom is 0.340 e. The highest BCUT2D eigenvalue weighted by molar-refractivity contribution is 5.96. The number of anilines is 2. The van der Waals surface area contributed by atoms with Crippen LogP contribution in [0.1, 0.15) is 21.9 Å². The number of nitrogen functional groups attached to an aromatic ring is 1. The molecule has 0 radical (unpaired) electrons. The number of benzene rings is 1. The van der Waals surface area contributed by atoms with Crippen LogP contribution in [0, 0.1) is 6.92 Å². The topological polar surface area (TPSA) is 90.1 Å². The van der Waals surface area contributed by atoms with Gasteiger partial charge in [0, 0.05) is 17.6 Å². The first-order chi connectivity index (χ1) is 9.60. The molecule has 0 aliphatic heterocycles. The third-order valence-electron chi connectivity index (χ3n) is 2.74. The minimum atomic E-state index is -0.432. The van der Waals surface area contributed by atoms with Crippen molar-refractivity contribution in [2.45, 2.75) is 13.5 Å². The van der Waals surface area contributed by atoms with Gasteiger partial charge >= 0.3 is 5.97 Å². The fourth-order valence-corrected chi connectivity index (χ4v) is 1.78. The highest BCUT2D eigenvalue weighted by Crippen LogP contribution is 2.20. The summed E-state index contributed by atoms with van der Waals surface area (Å²) in [5.41, 5.74) is 8.09. The van der Waals surface area contributed by atoms with Gasteiger partial charge in [-0.3, -0.25) is 0 Å². The molecule has 1 heterocycles. The van der Waals surface area contributed by atoms with Gasteiger partial charge in [-0.2, -0.15) is 0 Å². The van der Waals surface area contributed by atoms with Crippen LogP contribution in [-0.2, 0) is 11.3 Å². The van der Waals surface area contributed by atoms with Crippen LogP contribution in [0.4, 0.5) is 11.4 Å². The van der Waals surface area contributed by atoms with Crippen molar-refractivity contribution in [2.75, 3.05) is 18.2 Å². The third kappa shape index (κ3) is 3.23. The van der Waals surface area contributed by atoms with Gasteiger partial charge < -0.3 is 15.8 Å². The first kappa shape index (κ1) is 13.8. The zero-order valence-corrected chi connectivity index (χ0v) is 11.4. The minimum absolute atomic E-state index is 0.401. The second kappa shape index (κ2) is 6.01. The van der Waals surface area contributed by atoms with E-state index in [1.165, 1.54) is 7.11 Å². The molecule has 0 aliphatic carbocycles. The molecule has 0 bridgehead atoms. The molecule has 6 heteroatoms. The van der Waals surface area contributed by atoms with E-state index in [1.54, 1.807) is 24.4 Å². The SMILES string of the molecule is COC(=O)c1cc(N)ccc1NCc1ccnc(C)n1. The molecular formula is C14H16N4O2. The number of esters is 1. The second-order valence-corrected chi connectivity index (χ2v) is 4.25. The number of hydrogen-bond acceptors (Lipinski definition) is 6. The van der Waals surface area contributed by atoms with Gasteiger partial charge in [0.15, 0.2) is 0 Å². The smallest absolute Gasteiger partial charge is 0.340 e. The first-order valence-corrected chi connectivity index (χ1v) is 6.10. The number of methoxy groups -OCH3 is 1. The quantitative estimate of drug-likeness (QED) is 0.651. The van der Waals surface area contributed by atoms with Crippen molar-refractivity contribution < 1.29 is 9.53 Å². The van der Waals surface area contributed by atoms with Crippen molar-refractivity contribution >= 4 is 17.3 Å². The van der Waals surface area contributed by atoms with Crippen molar-refractivity contribution in [3.63, 3.8) is 0 Å². The predicted molar refractivity (Wildman–Crippen MR) is 76.3 cm³/mol. The van der Waals surface area contributed by atoms with E-state index in [2.05, 4.69) is 15.3 Å². The van der Waals surface area contributed by atoms with Crippen LogP contribution in [0.2, 0.25) is 0 Å². The summed E-state index contributed by atoms with van der Waals surface area (Å²) in [7, 11) is 1.34. The third-order valence-corrected chi connectivity index (χ3v) is 2.74. The maximum absolute atomic E-state index is 11.7. The summed E-state index contributed by atoms with van der Waals surface area (Å²) in [6.45, 7) is 2.31. The summed E-state index contributed by atoms with van der Waals surface area (Å²) >= 11 is 0. The Labute approximate surface area is 117 Å². The molecule has 2 aromatic rings. The Kier molecular flexibility index (Phi) is 4.14. The van der Waals surface area contributed by atoms with Crippen molar-refractivity contribution in [3.8, 4) is 0 Å². The fourth-order valence-electron chi connectivity index (χ4n) is 1.78. The highest BCUT2D eigenvalue weighted by Gasteiger charge is 2.12. The molecule has 104 valence electrons. The number of nitrogens with zero attached hydrogens (tertiary/aromatic N) is 2. The van der Waals surface area contributed by atoms with E-state index in [-0.39, 0.29) is 0 Å². The Morgan fingerprint density at radius 2 is 2.20 bits per heavy atom. The summed E-state index contributed by atoms with van der Waals surface area (Å²) in [6, 6.07) is 6.87. The van der Waals surface area contributed by atoms with Gasteiger partial charge in [-0.25, -0.2) is 14.8 Å². The molecule has 0 spiro atoms. The molecular weight excluding hydrogens is 256 g/mol. The number of aryl methyl sites for hydroxylation is 1. The van der Waals surface area contributed by atoms with E-state index in [1.807, 2.05) is 13.0 Å². The fraction of sp³-hybridized carbons (Fsp3) is 0.214. The number of aromatic nitrogens is 2. The summed E-state index contributed by atoms with van der Waals surface area (Å²) in [6.07, 6.45) is 1.70. The molecule has 20 heavy (non-hydrogen) atoms. The van der Waals surface area contributed by atoms with Gasteiger partial charge in [0.25, 0.3) is 0 Å². The number of nitrogens with one attached hydrogen (secondary N) is 1. The van der Waals surface area contributed by atoms with E-state index in [9.17, 15) is 4.79 Å². The predicted octanol–water partition coefficient (Wildman–Crippen LogP) is 1.77. The van der Waals surface area contributed by atoms with Crippen LogP contribution in [0.15, 0.2) is 30.5 Å². The molecule has 0 amide bonds. The van der Waals surface area contributed by atoms with E-state index in [0.29, 0.717) is 29.3 Å². The van der Waals surface area contributed by atoms with Crippen LogP contribution in [0.3, 0.4) is 0 Å². The van der Waals surface area contributed by atoms with Gasteiger partial charge in [-0.1, -0.05) is 0 Å². The van der Waals surface area contributed by atoms with Gasteiger partial charge in [-0.15, -0.1) is 0 Å². The molecule has 0 fully saturated rings. The standard InChI is InChI=1S/C14H16N4O2/c1-9-16-6-5-11(18-9)8-17-13-4-3-10(15)7-12(13)14(19)20-2/h3-7,17H,8,15H2,1-2H3. The molecule has 1 aromatic carbocycles. The Morgan fingerprint density at radius 3 is 2.90 bits per heavy atom. The lowest BCUT2D eigenvalue weighted by molar-refractivity contribution is 0.0602. The monoisotopic (exact) mass is 272 g/mol. The highest BCUT2D eigenvalue weighted by atomic mass is 16.5. The first-order valence-electron chi connectivity index (χ1n) is 6.10. The largest absolute Gasteiger partial charge is 0.465 e. The molecule has 0 saturated heterocycles. The van der Waals surface area contributed by atoms with E-state index in [0.717, 1.165) is 5.69 Å². The van der Waals surface area contributed by atoms with E-state index >= 15 is 0 Å². The summed E-state index contributed by atoms with van der Waals surface area (Å²) in [5, 5.41) is 3.15. The lowest BCUT2D eigenvalue weighted by atomic mass is 10.1. The van der Waals surface area contributed by atoms with Gasteiger partial charge in [0.2, 0.25) is 0 Å². The molecule has 3 N–H and O–H groups in total. The minimum Gasteiger partial charge on any atom is -0.465 e. The lowest BCUT2D eigenvalue weighted by Gasteiger charge is -2.11. The molecule has 6 nitrogen and oxygen atoms in total. The number of ether oxygens (including phenoxy) is 1. The second-order valence-electron chi connectivity index (χ2n) is 4.25. The molecule has 2 rings (SSSR count). The molecule has 1 aromatic heterocycles. The van der Waals surface area contributed by atoms with E-state index < -0.39 is 5.97 Å². The van der Waals surface area contributed by atoms with Crippen molar-refractivity contribution in [2.24, 2.45) is 0 Å². The molecule has 0 aliphatic rings. The average Bonchev–Trinajstić information content (AvgIpc) is 2.45. The van der Waals surface area contributed by atoms with Crippen LogP contribution < -0.4 is 11.1 Å². The Morgan fingerprint density at radius 1 is 1.40 bits per heavy atom. The van der Waals surface area contributed by atoms with Crippen LogP contribution in [-0.4, -0.2) is 23.0 Å². The van der Waals surface area contributed by atoms with Gasteiger partial charge in [0.05, 0.1) is 24.9 Å². The summed E-state index contributed by atoms with van der Waals surface area (Å²) in [5.74, 6) is 0.272. The normalized spacial score (nSPS) is 10.1. The number of carbonyl (C=O) groups is 1. The number of carbonyl (C=O) groups excluding carboxylic acids is 1. The number of hydrogen-bond donors (Lipinski definition) is 2. The summed E-state index contributed by atoms with van der Waals surface area (Å²) in [4.78, 5) is 20.0. The maximum atomic E-state index is 11.7. The zero-order valence-electron chi connectivity index (χ0n) is 11.4. The zero-order chi connectivity index (χ0) is 14.5. The van der Waals surface area contributed by atoms with Crippen LogP contribution >= 0.6 is 0 Å². The average molecular weight is 272 g/mol. The van der Waals surface area contributed by atoms with Crippen LogP contribution in [0.5, 0.6) is 0 Å². The lowest BCUT2D eigenvalue weighted by Crippen LogP contribution is -2.10. The van der Waals surface area contributed by atoms with Crippen LogP contribution in [0.25, 0.3) is 0 Å². The van der Waals surface area contributed by atoms with Crippen molar-refractivity contribution in [1.29, 1.82) is 0 Å². The Balaban J connectivity index is 2.19. The Bertz CT molecular complexity index is 628. The van der Waals surface area contributed by atoms with E-state index in [4.69, 9.17) is 10.5 Å². The molecule has 0 unspecified atom stereocenters. The Hall–Kier alpha value is -2.63. The van der Waals surface area contributed by atoms with Gasteiger partial charge in [-0.05, 0) is 31.2 Å². The molecule has 0 saturated carbocycles. The molecule has 0 atom stereocenters. The van der Waals surface area contributed by atoms with Gasteiger partial charge in [0.1, 0.15) is 5.82 Å². The summed E-state index contributed by atoms with van der Waals surface area (Å²) < 4.78 is 4.74. The number of rotatable bonds is 4. The van der Waals surface area contributed by atoms with Crippen molar-refractivity contribution in [1.82, 2.24) is 9.97 Å².